The van der Waals surface area contributed by atoms with Gasteiger partial charge in [0.15, 0.2) is 5.17 Å². The maximum Gasteiger partial charge on any atom is 0.236 e. The highest BCUT2D eigenvalue weighted by Gasteiger charge is 2.15. The van der Waals surface area contributed by atoms with Gasteiger partial charge in [0.25, 0.3) is 0 Å². The lowest BCUT2D eigenvalue weighted by Crippen LogP contribution is -2.19. The van der Waals surface area contributed by atoms with Crippen LogP contribution in [0.25, 0.3) is 0 Å². The highest BCUT2D eigenvalue weighted by atomic mass is 127. The highest BCUT2D eigenvalue weighted by molar-refractivity contribution is 14.1. The second kappa shape index (κ2) is 5.70. The third kappa shape index (κ3) is 3.22. The number of halogens is 1. The number of hydrogen-bond donors (Lipinski definition) is 2. The fourth-order valence-electron chi connectivity index (χ4n) is 1.38. The summed E-state index contributed by atoms with van der Waals surface area (Å²) in [6.07, 6.45) is 1.47. The third-order valence-corrected chi connectivity index (χ3v) is 3.71. The van der Waals surface area contributed by atoms with E-state index in [9.17, 15) is 9.90 Å². The molecule has 7 heteroatoms. The van der Waals surface area contributed by atoms with E-state index >= 15 is 0 Å². The first-order valence-corrected chi connectivity index (χ1v) is 7.15. The molecular weight excluding hydrogens is 365 g/mol. The Labute approximate surface area is 122 Å². The van der Waals surface area contributed by atoms with E-state index in [0.717, 1.165) is 9.13 Å². The number of amides is 1. The average molecular weight is 375 g/mol. The number of carbonyl (C=O) groups is 1. The molecule has 0 saturated carbocycles. The van der Waals surface area contributed by atoms with Crippen molar-refractivity contribution in [3.05, 3.63) is 26.8 Å². The molecular formula is C11H10IN3O2S. The molecule has 0 atom stereocenters. The summed E-state index contributed by atoms with van der Waals surface area (Å²) in [6, 6.07) is 3.69. The number of benzene rings is 1. The Morgan fingerprint density at radius 1 is 1.56 bits per heavy atom. The lowest BCUT2D eigenvalue weighted by atomic mass is 10.1. The van der Waals surface area contributed by atoms with Crippen LogP contribution in [0.1, 0.15) is 11.1 Å². The van der Waals surface area contributed by atoms with Gasteiger partial charge in [-0.15, -0.1) is 5.10 Å². The van der Waals surface area contributed by atoms with E-state index in [1.54, 1.807) is 0 Å². The minimum absolute atomic E-state index is 0.0677. The zero-order valence-corrected chi connectivity index (χ0v) is 12.4. The predicted octanol–water partition coefficient (Wildman–Crippen LogP) is 1.86. The van der Waals surface area contributed by atoms with Crippen molar-refractivity contribution >= 4 is 51.6 Å². The Morgan fingerprint density at radius 2 is 2.33 bits per heavy atom. The number of phenolic OH excluding ortho intramolecular Hbond substituents is 1. The zero-order valence-electron chi connectivity index (χ0n) is 9.48. The summed E-state index contributed by atoms with van der Waals surface area (Å²) in [5, 5.41) is 20.6. The van der Waals surface area contributed by atoms with Crippen molar-refractivity contribution in [2.24, 2.45) is 10.2 Å². The van der Waals surface area contributed by atoms with Crippen molar-refractivity contribution in [1.82, 2.24) is 5.32 Å². The first kappa shape index (κ1) is 13.3. The standard InChI is InChI=1S/C11H10IN3O2S/c1-6-2-8(12)3-7(10(6)17)4-13-15-11-14-9(16)5-18-11/h2-4,17H,5H2,1H3,(H,14,15,16). The van der Waals surface area contributed by atoms with Crippen molar-refractivity contribution in [2.45, 2.75) is 6.92 Å². The molecule has 1 amide bonds. The molecule has 94 valence electrons. The second-order valence-electron chi connectivity index (χ2n) is 3.65. The van der Waals surface area contributed by atoms with E-state index in [-0.39, 0.29) is 11.7 Å². The molecule has 0 aromatic heterocycles. The number of hydrogen-bond acceptors (Lipinski definition) is 5. The molecule has 1 aromatic rings. The highest BCUT2D eigenvalue weighted by Crippen LogP contribution is 2.23. The van der Waals surface area contributed by atoms with E-state index in [2.05, 4.69) is 38.1 Å². The van der Waals surface area contributed by atoms with Crippen molar-refractivity contribution < 1.29 is 9.90 Å². The van der Waals surface area contributed by atoms with Gasteiger partial charge in [-0.1, -0.05) is 11.8 Å². The fraction of sp³-hybridized carbons (Fsp3) is 0.182. The van der Waals surface area contributed by atoms with Crippen LogP contribution in [0.3, 0.4) is 0 Å². The number of aromatic hydroxyl groups is 1. The molecule has 18 heavy (non-hydrogen) atoms. The number of amidine groups is 1. The Hall–Kier alpha value is -1.09. The molecule has 0 aliphatic carbocycles. The van der Waals surface area contributed by atoms with Crippen molar-refractivity contribution in [3.63, 3.8) is 0 Å². The SMILES string of the molecule is Cc1cc(I)cc(C=NN=C2NC(=O)CS2)c1O. The van der Waals surface area contributed by atoms with Crippen molar-refractivity contribution in [3.8, 4) is 5.75 Å². The molecule has 0 spiro atoms. The van der Waals surface area contributed by atoms with Gasteiger partial charge in [0, 0.05) is 9.13 Å². The van der Waals surface area contributed by atoms with Crippen LogP contribution in [0.4, 0.5) is 0 Å². The molecule has 0 unspecified atom stereocenters. The van der Waals surface area contributed by atoms with Gasteiger partial charge in [0.05, 0.1) is 12.0 Å². The maximum absolute atomic E-state index is 10.9. The van der Waals surface area contributed by atoms with Crippen LogP contribution in [0.15, 0.2) is 22.3 Å². The Bertz CT molecular complexity index is 557. The van der Waals surface area contributed by atoms with Crippen LogP contribution in [0.5, 0.6) is 5.75 Å². The number of phenols is 1. The molecule has 2 rings (SSSR count). The van der Waals surface area contributed by atoms with Gasteiger partial charge < -0.3 is 10.4 Å². The topological polar surface area (TPSA) is 74.0 Å². The molecule has 0 radical (unpaired) electrons. The van der Waals surface area contributed by atoms with Crippen molar-refractivity contribution in [1.29, 1.82) is 0 Å². The second-order valence-corrected chi connectivity index (χ2v) is 5.86. The molecule has 0 bridgehead atoms. The molecule has 1 aromatic carbocycles. The first-order valence-electron chi connectivity index (χ1n) is 5.09. The van der Waals surface area contributed by atoms with Crippen LogP contribution in [0, 0.1) is 10.5 Å². The molecule has 1 heterocycles. The number of rotatable bonds is 2. The quantitative estimate of drug-likeness (QED) is 0.471. The van der Waals surface area contributed by atoms with E-state index in [1.807, 2.05) is 19.1 Å². The smallest absolute Gasteiger partial charge is 0.236 e. The fourth-order valence-corrected chi connectivity index (χ4v) is 2.82. The summed E-state index contributed by atoms with van der Waals surface area (Å²) < 4.78 is 1.01. The molecule has 2 N–H and O–H groups in total. The van der Waals surface area contributed by atoms with Gasteiger partial charge in [-0.3, -0.25) is 4.79 Å². The number of aryl methyl sites for hydroxylation is 1. The Balaban J connectivity index is 2.17. The van der Waals surface area contributed by atoms with Crippen LogP contribution < -0.4 is 5.32 Å². The third-order valence-electron chi connectivity index (χ3n) is 2.23. The summed E-state index contributed by atoms with van der Waals surface area (Å²) in [6.45, 7) is 1.83. The van der Waals surface area contributed by atoms with Gasteiger partial charge in [-0.05, 0) is 47.2 Å². The Morgan fingerprint density at radius 3 is 3.00 bits per heavy atom. The molecule has 1 aliphatic heterocycles. The monoisotopic (exact) mass is 375 g/mol. The lowest BCUT2D eigenvalue weighted by molar-refractivity contribution is -0.116. The van der Waals surface area contributed by atoms with E-state index in [4.69, 9.17) is 0 Å². The van der Waals surface area contributed by atoms with Crippen LogP contribution in [0.2, 0.25) is 0 Å². The van der Waals surface area contributed by atoms with E-state index in [1.165, 1.54) is 18.0 Å². The minimum atomic E-state index is -0.0677. The van der Waals surface area contributed by atoms with Gasteiger partial charge in [-0.2, -0.15) is 5.10 Å². The normalized spacial score (nSPS) is 17.7. The number of nitrogens with zero attached hydrogens (tertiary/aromatic N) is 2. The molecule has 1 saturated heterocycles. The lowest BCUT2D eigenvalue weighted by Gasteiger charge is -2.03. The number of nitrogens with one attached hydrogen (secondary N) is 1. The number of thioether (sulfide) groups is 1. The van der Waals surface area contributed by atoms with Gasteiger partial charge in [0.1, 0.15) is 5.75 Å². The van der Waals surface area contributed by atoms with Gasteiger partial charge >= 0.3 is 0 Å². The van der Waals surface area contributed by atoms with E-state index in [0.29, 0.717) is 16.5 Å². The zero-order chi connectivity index (χ0) is 13.1. The summed E-state index contributed by atoms with van der Waals surface area (Å²) in [4.78, 5) is 10.9. The maximum atomic E-state index is 10.9. The van der Waals surface area contributed by atoms with Crippen LogP contribution >= 0.6 is 34.4 Å². The largest absolute Gasteiger partial charge is 0.507 e. The summed E-state index contributed by atoms with van der Waals surface area (Å²) in [7, 11) is 0. The summed E-state index contributed by atoms with van der Waals surface area (Å²) in [5.74, 6) is 0.506. The van der Waals surface area contributed by atoms with Gasteiger partial charge in [0.2, 0.25) is 5.91 Å². The molecule has 5 nitrogen and oxygen atoms in total. The predicted molar refractivity (Wildman–Crippen MR) is 81.2 cm³/mol. The van der Waals surface area contributed by atoms with Gasteiger partial charge in [-0.25, -0.2) is 0 Å². The Kier molecular flexibility index (Phi) is 4.23. The first-order chi connectivity index (χ1) is 8.56. The number of carbonyl (C=O) groups excluding carboxylic acids is 1. The van der Waals surface area contributed by atoms with Crippen LogP contribution in [-0.2, 0) is 4.79 Å². The average Bonchev–Trinajstić information content (AvgIpc) is 2.71. The van der Waals surface area contributed by atoms with E-state index < -0.39 is 0 Å². The minimum Gasteiger partial charge on any atom is -0.507 e. The molecule has 1 fully saturated rings. The van der Waals surface area contributed by atoms with Crippen molar-refractivity contribution in [2.75, 3.05) is 5.75 Å². The van der Waals surface area contributed by atoms with Crippen LogP contribution in [-0.4, -0.2) is 28.1 Å². The summed E-state index contributed by atoms with van der Waals surface area (Å²) in [5.41, 5.74) is 1.40. The summed E-state index contributed by atoms with van der Waals surface area (Å²) >= 11 is 3.48. The molecule has 1 aliphatic rings.